The van der Waals surface area contributed by atoms with Crippen LogP contribution < -0.4 is 0 Å². The summed E-state index contributed by atoms with van der Waals surface area (Å²) in [6.45, 7) is -0.743. The second-order valence-electron chi connectivity index (χ2n) is 4.76. The van der Waals surface area contributed by atoms with Crippen LogP contribution in [-0.2, 0) is 4.74 Å². The molecule has 0 saturated carbocycles. The number of allylic oxidation sites excluding steroid dienone is 1. The van der Waals surface area contributed by atoms with Gasteiger partial charge in [0, 0.05) is 17.8 Å². The Hall–Kier alpha value is -1.49. The minimum absolute atomic E-state index is 0.559. The Bertz CT molecular complexity index is 540. The van der Waals surface area contributed by atoms with E-state index in [4.69, 9.17) is 10.3 Å². The third-order valence-corrected chi connectivity index (χ3v) is 4.43. The smallest absolute Gasteiger partial charge is 0.101 e. The molecule has 0 radical (unpaired) electrons. The molecule has 1 aromatic carbocycles. The van der Waals surface area contributed by atoms with Gasteiger partial charge >= 0.3 is 0 Å². The van der Waals surface area contributed by atoms with E-state index < -0.39 is 18.8 Å². The molecular weight excluding hydrogens is 289 g/mol. The van der Waals surface area contributed by atoms with Crippen LogP contribution in [0.1, 0.15) is 23.7 Å². The van der Waals surface area contributed by atoms with Gasteiger partial charge in [-0.05, 0) is 34.4 Å². The zero-order valence-corrected chi connectivity index (χ0v) is 12.7. The molecule has 2 rings (SSSR count). The van der Waals surface area contributed by atoms with Crippen molar-refractivity contribution in [1.29, 1.82) is 0 Å². The molecule has 0 unspecified atom stereocenters. The van der Waals surface area contributed by atoms with Crippen LogP contribution in [0.15, 0.2) is 35.5 Å². The summed E-state index contributed by atoms with van der Waals surface area (Å²) in [7, 11) is 1.50. The van der Waals surface area contributed by atoms with Crippen molar-refractivity contribution in [3.8, 4) is 0 Å². The van der Waals surface area contributed by atoms with Crippen LogP contribution >= 0.6 is 11.8 Å². The first-order valence-corrected chi connectivity index (χ1v) is 7.95. The summed E-state index contributed by atoms with van der Waals surface area (Å²) in [5.41, 5.74) is 11.9. The summed E-state index contributed by atoms with van der Waals surface area (Å²) in [5, 5.41) is 3.47. The first kappa shape index (κ1) is 15.9. The van der Waals surface area contributed by atoms with Crippen molar-refractivity contribution in [3.63, 3.8) is 0 Å². The average molecular weight is 307 g/mol. The van der Waals surface area contributed by atoms with Crippen LogP contribution in [0.3, 0.4) is 0 Å². The normalized spacial score (nSPS) is 17.5. The van der Waals surface area contributed by atoms with Gasteiger partial charge in [-0.25, -0.2) is 0 Å². The highest BCUT2D eigenvalue weighted by Gasteiger charge is 2.22. The molecule has 1 aliphatic rings. The van der Waals surface area contributed by atoms with E-state index in [0.717, 1.165) is 23.5 Å². The maximum Gasteiger partial charge on any atom is 0.101 e. The van der Waals surface area contributed by atoms with E-state index in [0.29, 0.717) is 0 Å². The van der Waals surface area contributed by atoms with Gasteiger partial charge in [0.05, 0.1) is 12.1 Å². The van der Waals surface area contributed by atoms with Gasteiger partial charge < -0.3 is 4.74 Å². The fourth-order valence-corrected chi connectivity index (χ4v) is 3.28. The number of rotatable bonds is 6. The van der Waals surface area contributed by atoms with Crippen molar-refractivity contribution in [2.75, 3.05) is 25.3 Å². The average Bonchev–Trinajstić information content (AvgIpc) is 2.56. The van der Waals surface area contributed by atoms with E-state index in [1.807, 2.05) is 36.0 Å². The lowest BCUT2D eigenvalue weighted by Crippen LogP contribution is -2.20. The van der Waals surface area contributed by atoms with Gasteiger partial charge in [0.25, 0.3) is 0 Å². The molecule has 0 N–H and O–H groups in total. The molecule has 2 atom stereocenters. The number of azide groups is 1. The number of methoxy groups -OCH3 is 1. The Labute approximate surface area is 128 Å². The summed E-state index contributed by atoms with van der Waals surface area (Å²) in [6.07, 6.45) is 2.76. The minimum atomic E-state index is -0.837. The molecule has 0 spiro atoms. The highest BCUT2D eigenvalue weighted by molar-refractivity contribution is 7.99. The number of ether oxygens (including phenoxy) is 1. The second-order valence-corrected chi connectivity index (χ2v) is 5.91. The SMILES string of the molecule is CO[C@H](c1ccc(C2=CCSCC2)cc1)[C@@H](CF)N=[N+]=[N-]. The number of halogens is 1. The molecule has 1 aliphatic heterocycles. The number of benzene rings is 1. The Morgan fingerprint density at radius 3 is 2.71 bits per heavy atom. The zero-order chi connectivity index (χ0) is 15.1. The van der Waals surface area contributed by atoms with Crippen LogP contribution in [-0.4, -0.2) is 31.3 Å². The molecule has 0 aromatic heterocycles. The molecule has 0 aliphatic carbocycles. The van der Waals surface area contributed by atoms with Gasteiger partial charge in [0.15, 0.2) is 0 Å². The largest absolute Gasteiger partial charge is 0.376 e. The summed E-state index contributed by atoms with van der Waals surface area (Å²) in [4.78, 5) is 2.69. The van der Waals surface area contributed by atoms with Crippen LogP contribution in [0.5, 0.6) is 0 Å². The summed E-state index contributed by atoms with van der Waals surface area (Å²) in [5.74, 6) is 2.20. The molecule has 0 fully saturated rings. The van der Waals surface area contributed by atoms with E-state index in [1.165, 1.54) is 18.2 Å². The Morgan fingerprint density at radius 1 is 1.43 bits per heavy atom. The summed E-state index contributed by atoms with van der Waals surface area (Å²) >= 11 is 1.93. The highest BCUT2D eigenvalue weighted by atomic mass is 32.2. The lowest BCUT2D eigenvalue weighted by molar-refractivity contribution is 0.0722. The third kappa shape index (κ3) is 4.00. The molecule has 0 amide bonds. The number of hydrogen-bond donors (Lipinski definition) is 0. The van der Waals surface area contributed by atoms with Crippen molar-refractivity contribution in [1.82, 2.24) is 0 Å². The topological polar surface area (TPSA) is 58.0 Å². The van der Waals surface area contributed by atoms with E-state index >= 15 is 0 Å². The molecular formula is C15H18FN3OS. The molecule has 1 heterocycles. The molecule has 21 heavy (non-hydrogen) atoms. The van der Waals surface area contributed by atoms with Crippen molar-refractivity contribution in [3.05, 3.63) is 51.9 Å². The maximum absolute atomic E-state index is 13.0. The Kier molecular flexibility index (Phi) is 6.11. The summed E-state index contributed by atoms with van der Waals surface area (Å²) in [6, 6.07) is 7.04. The van der Waals surface area contributed by atoms with Crippen molar-refractivity contribution in [2.24, 2.45) is 5.11 Å². The van der Waals surface area contributed by atoms with Crippen molar-refractivity contribution >= 4 is 17.3 Å². The first-order valence-electron chi connectivity index (χ1n) is 6.80. The molecule has 1 aromatic rings. The molecule has 112 valence electrons. The van der Waals surface area contributed by atoms with E-state index in [9.17, 15) is 4.39 Å². The zero-order valence-electron chi connectivity index (χ0n) is 11.9. The molecule has 0 bridgehead atoms. The van der Waals surface area contributed by atoms with Gasteiger partial charge in [0.2, 0.25) is 0 Å². The monoisotopic (exact) mass is 307 g/mol. The first-order chi connectivity index (χ1) is 10.3. The van der Waals surface area contributed by atoms with E-state index in [-0.39, 0.29) is 0 Å². The fraction of sp³-hybridized carbons (Fsp3) is 0.467. The summed E-state index contributed by atoms with van der Waals surface area (Å²) < 4.78 is 18.3. The Balaban J connectivity index is 2.19. The second kappa shape index (κ2) is 8.08. The fourth-order valence-electron chi connectivity index (χ4n) is 2.43. The predicted octanol–water partition coefficient (Wildman–Crippen LogP) is 4.54. The minimum Gasteiger partial charge on any atom is -0.376 e. The van der Waals surface area contributed by atoms with Gasteiger partial charge in [-0.3, -0.25) is 4.39 Å². The highest BCUT2D eigenvalue weighted by Crippen LogP contribution is 2.29. The molecule has 6 heteroatoms. The van der Waals surface area contributed by atoms with Gasteiger partial charge in [0.1, 0.15) is 6.67 Å². The standard InChI is InChI=1S/C15H18FN3OS/c1-20-15(14(10-16)18-19-17)13-4-2-11(3-5-13)12-6-8-21-9-7-12/h2-6,14-15H,7-10H2,1H3/t14-,15-/m1/s1. The Morgan fingerprint density at radius 2 is 2.19 bits per heavy atom. The van der Waals surface area contributed by atoms with Crippen LogP contribution in [0.2, 0.25) is 0 Å². The quantitative estimate of drug-likeness (QED) is 0.440. The van der Waals surface area contributed by atoms with Crippen LogP contribution in [0.25, 0.3) is 16.0 Å². The number of alkyl halides is 1. The lowest BCUT2D eigenvalue weighted by atomic mass is 9.98. The van der Waals surface area contributed by atoms with Gasteiger partial charge in [-0.15, -0.1) is 0 Å². The number of hydrogen-bond acceptors (Lipinski definition) is 3. The van der Waals surface area contributed by atoms with Crippen molar-refractivity contribution < 1.29 is 9.13 Å². The lowest BCUT2D eigenvalue weighted by Gasteiger charge is -2.21. The molecule has 0 saturated heterocycles. The number of thioether (sulfide) groups is 1. The number of nitrogens with zero attached hydrogens (tertiary/aromatic N) is 3. The predicted molar refractivity (Wildman–Crippen MR) is 85.0 cm³/mol. The van der Waals surface area contributed by atoms with E-state index in [2.05, 4.69) is 16.1 Å². The molecule has 4 nitrogen and oxygen atoms in total. The maximum atomic E-state index is 13.0. The van der Waals surface area contributed by atoms with Crippen LogP contribution in [0, 0.1) is 0 Å². The third-order valence-electron chi connectivity index (χ3n) is 3.53. The van der Waals surface area contributed by atoms with E-state index in [1.54, 1.807) is 0 Å². The van der Waals surface area contributed by atoms with Crippen molar-refractivity contribution in [2.45, 2.75) is 18.6 Å². The van der Waals surface area contributed by atoms with Crippen LogP contribution in [0.4, 0.5) is 4.39 Å². The van der Waals surface area contributed by atoms with Gasteiger partial charge in [-0.2, -0.15) is 11.8 Å². The van der Waals surface area contributed by atoms with Gasteiger partial charge in [-0.1, -0.05) is 35.5 Å².